The Labute approximate surface area is 198 Å². The van der Waals surface area contributed by atoms with Crippen LogP contribution in [0.4, 0.5) is 0 Å². The van der Waals surface area contributed by atoms with Gasteiger partial charge in [-0.3, -0.25) is 9.89 Å². The molecule has 0 bridgehead atoms. The second kappa shape index (κ2) is 10.8. The van der Waals surface area contributed by atoms with Crippen molar-refractivity contribution in [2.24, 2.45) is 0 Å². The number of hydrogen-bond acceptors (Lipinski definition) is 5. The first-order chi connectivity index (χ1) is 16.6. The summed E-state index contributed by atoms with van der Waals surface area (Å²) in [5, 5.41) is 20.8. The molecule has 1 amide bonds. The molecule has 1 heterocycles. The van der Waals surface area contributed by atoms with Crippen molar-refractivity contribution < 1.29 is 19.4 Å². The monoisotopic (exact) mass is 457 g/mol. The molecule has 0 radical (unpaired) electrons. The van der Waals surface area contributed by atoms with Crippen molar-refractivity contribution >= 4 is 29.0 Å². The number of ether oxygens (including phenoxy) is 2. The minimum atomic E-state index is -0.529. The average molecular weight is 458 g/mol. The molecule has 7 nitrogen and oxygen atoms in total. The summed E-state index contributed by atoms with van der Waals surface area (Å²) in [6.45, 7) is 0.349. The molecule has 3 aromatic carbocycles. The number of methoxy groups -OCH3 is 2. The van der Waals surface area contributed by atoms with E-state index in [-0.39, 0.29) is 12.5 Å². The van der Waals surface area contributed by atoms with Crippen LogP contribution >= 0.6 is 0 Å². The van der Waals surface area contributed by atoms with E-state index in [2.05, 4.69) is 15.5 Å². The highest BCUT2D eigenvalue weighted by atomic mass is 16.5. The molecular formula is C27H27N3O4. The molecule has 1 aromatic heterocycles. The number of nitrogens with one attached hydrogen (secondary N) is 2. The molecule has 0 spiro atoms. The largest absolute Gasteiger partial charge is 0.495 e. The van der Waals surface area contributed by atoms with Crippen LogP contribution in [-0.2, 0) is 11.3 Å². The Morgan fingerprint density at radius 3 is 2.50 bits per heavy atom. The summed E-state index contributed by atoms with van der Waals surface area (Å²) in [4.78, 5) is 13.1. The molecule has 0 aliphatic rings. The number of aliphatic hydroxyl groups is 1. The highest BCUT2D eigenvalue weighted by Gasteiger charge is 2.21. The van der Waals surface area contributed by atoms with Crippen LogP contribution in [0.3, 0.4) is 0 Å². The number of amides is 1. The second-order valence-corrected chi connectivity index (χ2v) is 7.81. The topological polar surface area (TPSA) is 96.5 Å². The number of rotatable bonds is 9. The normalized spacial score (nSPS) is 12.2. The molecule has 34 heavy (non-hydrogen) atoms. The fourth-order valence-electron chi connectivity index (χ4n) is 3.84. The van der Waals surface area contributed by atoms with Crippen LogP contribution in [-0.4, -0.2) is 42.0 Å². The lowest BCUT2D eigenvalue weighted by Gasteiger charge is -2.18. The van der Waals surface area contributed by atoms with Gasteiger partial charge in [-0.05, 0) is 34.9 Å². The minimum Gasteiger partial charge on any atom is -0.495 e. The van der Waals surface area contributed by atoms with Gasteiger partial charge in [0.05, 0.1) is 48.5 Å². The van der Waals surface area contributed by atoms with Gasteiger partial charge in [-0.25, -0.2) is 0 Å². The lowest BCUT2D eigenvalue weighted by molar-refractivity contribution is 0.0913. The quantitative estimate of drug-likeness (QED) is 0.347. The highest BCUT2D eigenvalue weighted by Crippen LogP contribution is 2.32. The maximum Gasteiger partial charge on any atom is 0.255 e. The molecular weight excluding hydrogens is 430 g/mol. The van der Waals surface area contributed by atoms with Gasteiger partial charge < -0.3 is 19.9 Å². The summed E-state index contributed by atoms with van der Waals surface area (Å²) >= 11 is 0. The summed E-state index contributed by atoms with van der Waals surface area (Å²) in [7, 11) is 3.20. The number of aromatic nitrogens is 2. The standard InChI is InChI=1S/C27H27N3O4/c1-33-17-19-10-8-18(9-11-19)12-14-22-25-23(30-29-22)15-13-21(26(25)34-2)27(32)28-24(16-31)20-6-4-3-5-7-20/h3-15,24,31H,16-17H2,1-2H3,(H,28,32)(H,29,30)/b14-12+/t24-/m1/s1. The first-order valence-electron chi connectivity index (χ1n) is 10.9. The van der Waals surface area contributed by atoms with Gasteiger partial charge >= 0.3 is 0 Å². The molecule has 1 atom stereocenters. The maximum absolute atomic E-state index is 13.1. The minimum absolute atomic E-state index is 0.219. The van der Waals surface area contributed by atoms with E-state index in [1.54, 1.807) is 19.2 Å². The number of nitrogens with zero attached hydrogens (tertiary/aromatic N) is 1. The van der Waals surface area contributed by atoms with E-state index in [1.165, 1.54) is 7.11 Å². The molecule has 174 valence electrons. The van der Waals surface area contributed by atoms with Gasteiger partial charge in [-0.2, -0.15) is 5.10 Å². The number of carbonyl (C=O) groups is 1. The molecule has 0 saturated carbocycles. The van der Waals surface area contributed by atoms with E-state index in [0.29, 0.717) is 28.8 Å². The summed E-state index contributed by atoms with van der Waals surface area (Å²) in [5.74, 6) is 0.0788. The van der Waals surface area contributed by atoms with Crippen molar-refractivity contribution in [3.8, 4) is 5.75 Å². The van der Waals surface area contributed by atoms with Crippen LogP contribution in [0.5, 0.6) is 5.75 Å². The Bertz CT molecular complexity index is 1280. The fraction of sp³-hybridized carbons (Fsp3) is 0.185. The van der Waals surface area contributed by atoms with Gasteiger partial charge in [0.25, 0.3) is 5.91 Å². The van der Waals surface area contributed by atoms with Crippen LogP contribution in [0.1, 0.15) is 38.8 Å². The number of carbonyl (C=O) groups excluding carboxylic acids is 1. The number of aromatic amines is 1. The van der Waals surface area contributed by atoms with Gasteiger partial charge in [0.1, 0.15) is 5.75 Å². The van der Waals surface area contributed by atoms with Gasteiger partial charge in [0.2, 0.25) is 0 Å². The van der Waals surface area contributed by atoms with E-state index in [0.717, 1.165) is 22.4 Å². The van der Waals surface area contributed by atoms with Crippen molar-refractivity contribution in [3.63, 3.8) is 0 Å². The van der Waals surface area contributed by atoms with Crippen LogP contribution < -0.4 is 10.1 Å². The van der Waals surface area contributed by atoms with Crippen molar-refractivity contribution in [1.29, 1.82) is 0 Å². The fourth-order valence-corrected chi connectivity index (χ4v) is 3.84. The van der Waals surface area contributed by atoms with Crippen molar-refractivity contribution in [3.05, 3.63) is 94.7 Å². The second-order valence-electron chi connectivity index (χ2n) is 7.81. The van der Waals surface area contributed by atoms with E-state index < -0.39 is 6.04 Å². The maximum atomic E-state index is 13.1. The molecule has 0 aliphatic heterocycles. The first kappa shape index (κ1) is 23.2. The van der Waals surface area contributed by atoms with Crippen molar-refractivity contribution in [1.82, 2.24) is 15.5 Å². The lowest BCUT2D eigenvalue weighted by Crippen LogP contribution is -2.31. The van der Waals surface area contributed by atoms with Crippen LogP contribution in [0.25, 0.3) is 23.1 Å². The molecule has 7 heteroatoms. The first-order valence-corrected chi connectivity index (χ1v) is 10.9. The number of aliphatic hydroxyl groups excluding tert-OH is 1. The molecule has 0 aliphatic carbocycles. The Hall–Kier alpha value is -3.94. The molecule has 4 rings (SSSR count). The van der Waals surface area contributed by atoms with Gasteiger partial charge in [-0.1, -0.05) is 60.7 Å². The summed E-state index contributed by atoms with van der Waals surface area (Å²) in [6.07, 6.45) is 3.87. The summed E-state index contributed by atoms with van der Waals surface area (Å²) in [5.41, 5.74) is 4.71. The number of H-pyrrole nitrogens is 1. The van der Waals surface area contributed by atoms with E-state index >= 15 is 0 Å². The van der Waals surface area contributed by atoms with Crippen LogP contribution in [0, 0.1) is 0 Å². The summed E-state index contributed by atoms with van der Waals surface area (Å²) in [6, 6.07) is 20.3. The Kier molecular flexibility index (Phi) is 7.37. The zero-order chi connectivity index (χ0) is 23.9. The number of fused-ring (bicyclic) bond motifs is 1. The highest BCUT2D eigenvalue weighted by molar-refractivity contribution is 6.05. The third-order valence-electron chi connectivity index (χ3n) is 5.57. The Balaban J connectivity index is 1.63. The lowest BCUT2D eigenvalue weighted by atomic mass is 10.0. The van der Waals surface area contributed by atoms with Gasteiger partial charge in [0, 0.05) is 7.11 Å². The Morgan fingerprint density at radius 2 is 1.82 bits per heavy atom. The van der Waals surface area contributed by atoms with Crippen LogP contribution in [0.15, 0.2) is 66.7 Å². The molecule has 0 fully saturated rings. The van der Waals surface area contributed by atoms with Crippen molar-refractivity contribution in [2.45, 2.75) is 12.6 Å². The van der Waals surface area contributed by atoms with Gasteiger partial charge in [-0.15, -0.1) is 0 Å². The zero-order valence-corrected chi connectivity index (χ0v) is 19.1. The van der Waals surface area contributed by atoms with Crippen LogP contribution in [0.2, 0.25) is 0 Å². The van der Waals surface area contributed by atoms with E-state index in [9.17, 15) is 9.90 Å². The van der Waals surface area contributed by atoms with Gasteiger partial charge in [0.15, 0.2) is 0 Å². The zero-order valence-electron chi connectivity index (χ0n) is 19.1. The third-order valence-corrected chi connectivity index (χ3v) is 5.57. The SMILES string of the molecule is COCc1ccc(/C=C/c2[nH]nc3ccc(C(=O)N[C@H](CO)c4ccccc4)c(OC)c23)cc1. The molecule has 0 unspecified atom stereocenters. The Morgan fingerprint density at radius 1 is 1.06 bits per heavy atom. The predicted octanol–water partition coefficient (Wildman–Crippen LogP) is 4.35. The van der Waals surface area contributed by atoms with E-state index in [1.807, 2.05) is 66.7 Å². The molecule has 4 aromatic rings. The number of benzene rings is 3. The summed E-state index contributed by atoms with van der Waals surface area (Å²) < 4.78 is 10.8. The molecule has 0 saturated heterocycles. The predicted molar refractivity (Wildman–Crippen MR) is 132 cm³/mol. The average Bonchev–Trinajstić information content (AvgIpc) is 3.30. The smallest absolute Gasteiger partial charge is 0.255 e. The van der Waals surface area contributed by atoms with Crippen molar-refractivity contribution in [2.75, 3.05) is 20.8 Å². The number of hydrogen-bond donors (Lipinski definition) is 3. The third kappa shape index (κ3) is 5.01. The molecule has 3 N–H and O–H groups in total. The van der Waals surface area contributed by atoms with E-state index in [4.69, 9.17) is 9.47 Å².